The van der Waals surface area contributed by atoms with Crippen molar-refractivity contribution in [2.24, 2.45) is 0 Å². The van der Waals surface area contributed by atoms with Crippen LogP contribution in [0.25, 0.3) is 11.3 Å². The van der Waals surface area contributed by atoms with E-state index in [0.717, 1.165) is 11.3 Å². The number of anilines is 3. The van der Waals surface area contributed by atoms with E-state index in [1.165, 1.54) is 46.1 Å². The van der Waals surface area contributed by atoms with Gasteiger partial charge in [-0.05, 0) is 19.1 Å². The Morgan fingerprint density at radius 1 is 1.10 bits per heavy atom. The molecule has 0 aliphatic heterocycles. The van der Waals surface area contributed by atoms with E-state index in [1.807, 2.05) is 36.6 Å². The monoisotopic (exact) mass is 457 g/mol. The number of nitrogens with zero attached hydrogens (tertiary/aromatic N) is 3. The first-order valence-electron chi connectivity index (χ1n) is 8.87. The van der Waals surface area contributed by atoms with Gasteiger partial charge in [0.1, 0.15) is 5.82 Å². The standard InChI is InChI=1S/C20H16FN5OS3/c1-12-6-8-13(9-7-12)16-10-28-18(23-16)24-17(27)11-29-20-26-25-19(30-20)22-15-5-3-2-4-14(15)21/h2-10H,11H2,1H3,(H,22,25)(H,23,24,27). The zero-order chi connectivity index (χ0) is 20.9. The van der Waals surface area contributed by atoms with Gasteiger partial charge < -0.3 is 10.6 Å². The minimum Gasteiger partial charge on any atom is -0.328 e. The number of rotatable bonds is 7. The number of aromatic nitrogens is 3. The maximum Gasteiger partial charge on any atom is 0.236 e. The molecule has 0 bridgehead atoms. The summed E-state index contributed by atoms with van der Waals surface area (Å²) in [5.74, 6) is -0.369. The predicted molar refractivity (Wildman–Crippen MR) is 121 cm³/mol. The third kappa shape index (κ3) is 5.21. The molecule has 10 heteroatoms. The average molecular weight is 458 g/mol. The highest BCUT2D eigenvalue weighted by Gasteiger charge is 2.12. The minimum atomic E-state index is -0.366. The third-order valence-corrected chi connectivity index (χ3v) is 6.68. The molecule has 0 atom stereocenters. The Labute approximate surface area is 184 Å². The topological polar surface area (TPSA) is 79.8 Å². The van der Waals surface area contributed by atoms with Crippen molar-refractivity contribution >= 4 is 56.3 Å². The molecule has 0 fully saturated rings. The molecular weight excluding hydrogens is 441 g/mol. The molecule has 30 heavy (non-hydrogen) atoms. The molecule has 2 aromatic carbocycles. The Bertz CT molecular complexity index is 1160. The van der Waals surface area contributed by atoms with Crippen molar-refractivity contribution in [1.29, 1.82) is 0 Å². The Kier molecular flexibility index (Phi) is 6.36. The van der Waals surface area contributed by atoms with Crippen molar-refractivity contribution in [3.8, 4) is 11.3 Å². The first-order chi connectivity index (χ1) is 14.6. The number of benzene rings is 2. The second-order valence-corrected chi connectivity index (χ2v) is 9.28. The van der Waals surface area contributed by atoms with Gasteiger partial charge in [0.25, 0.3) is 0 Å². The Morgan fingerprint density at radius 3 is 2.70 bits per heavy atom. The van der Waals surface area contributed by atoms with Crippen molar-refractivity contribution in [2.45, 2.75) is 11.3 Å². The lowest BCUT2D eigenvalue weighted by molar-refractivity contribution is -0.113. The van der Waals surface area contributed by atoms with Crippen molar-refractivity contribution in [2.75, 3.05) is 16.4 Å². The van der Waals surface area contributed by atoms with Crippen LogP contribution in [0.15, 0.2) is 58.3 Å². The molecule has 2 N–H and O–H groups in total. The van der Waals surface area contributed by atoms with E-state index in [9.17, 15) is 9.18 Å². The summed E-state index contributed by atoms with van der Waals surface area (Å²) in [5.41, 5.74) is 3.35. The summed E-state index contributed by atoms with van der Waals surface area (Å²) in [5, 5.41) is 16.6. The van der Waals surface area contributed by atoms with Gasteiger partial charge in [-0.15, -0.1) is 21.5 Å². The number of thioether (sulfide) groups is 1. The highest BCUT2D eigenvalue weighted by molar-refractivity contribution is 8.01. The number of amides is 1. The van der Waals surface area contributed by atoms with Crippen LogP contribution in [0.1, 0.15) is 5.56 Å². The number of hydrogen-bond acceptors (Lipinski definition) is 8. The van der Waals surface area contributed by atoms with E-state index < -0.39 is 0 Å². The lowest BCUT2D eigenvalue weighted by Crippen LogP contribution is -2.13. The summed E-state index contributed by atoms with van der Waals surface area (Å²) in [6, 6.07) is 14.4. The summed E-state index contributed by atoms with van der Waals surface area (Å²) in [7, 11) is 0. The van der Waals surface area contributed by atoms with Gasteiger partial charge in [-0.25, -0.2) is 9.37 Å². The van der Waals surface area contributed by atoms with E-state index in [2.05, 4.69) is 25.8 Å². The number of halogens is 1. The van der Waals surface area contributed by atoms with Crippen LogP contribution in [0, 0.1) is 12.7 Å². The van der Waals surface area contributed by atoms with Crippen LogP contribution in [-0.2, 0) is 4.79 Å². The maximum atomic E-state index is 13.7. The van der Waals surface area contributed by atoms with Gasteiger partial charge in [0.2, 0.25) is 11.0 Å². The van der Waals surface area contributed by atoms with Gasteiger partial charge in [-0.1, -0.05) is 65.1 Å². The number of nitrogens with one attached hydrogen (secondary N) is 2. The lowest BCUT2D eigenvalue weighted by atomic mass is 10.1. The SMILES string of the molecule is Cc1ccc(-c2csc(NC(=O)CSc3nnc(Nc4ccccc4F)s3)n2)cc1. The van der Waals surface area contributed by atoms with Gasteiger partial charge in [0, 0.05) is 10.9 Å². The molecule has 0 radical (unpaired) electrons. The van der Waals surface area contributed by atoms with Gasteiger partial charge >= 0.3 is 0 Å². The molecule has 0 saturated carbocycles. The summed E-state index contributed by atoms with van der Waals surface area (Å²) >= 11 is 3.90. The normalized spacial score (nSPS) is 10.7. The van der Waals surface area contributed by atoms with Gasteiger partial charge in [0.05, 0.1) is 17.1 Å². The average Bonchev–Trinajstić information content (AvgIpc) is 3.38. The molecule has 1 amide bonds. The van der Waals surface area contributed by atoms with Gasteiger partial charge in [-0.3, -0.25) is 4.79 Å². The summed E-state index contributed by atoms with van der Waals surface area (Å²) in [4.78, 5) is 16.7. The van der Waals surface area contributed by atoms with E-state index in [4.69, 9.17) is 0 Å². The number of aryl methyl sites for hydroxylation is 1. The quantitative estimate of drug-likeness (QED) is 0.353. The second-order valence-electron chi connectivity index (χ2n) is 6.22. The van der Waals surface area contributed by atoms with Crippen LogP contribution >= 0.6 is 34.4 Å². The number of carbonyl (C=O) groups excluding carboxylic acids is 1. The molecule has 0 unspecified atom stereocenters. The fraction of sp³-hybridized carbons (Fsp3) is 0.100. The largest absolute Gasteiger partial charge is 0.328 e. The minimum absolute atomic E-state index is 0.174. The van der Waals surface area contributed by atoms with Crippen LogP contribution in [0.4, 0.5) is 20.3 Å². The molecule has 6 nitrogen and oxygen atoms in total. The summed E-state index contributed by atoms with van der Waals surface area (Å²) < 4.78 is 14.3. The van der Waals surface area contributed by atoms with Crippen LogP contribution in [0.5, 0.6) is 0 Å². The Morgan fingerprint density at radius 2 is 1.90 bits per heavy atom. The third-order valence-electron chi connectivity index (χ3n) is 3.95. The van der Waals surface area contributed by atoms with E-state index in [-0.39, 0.29) is 17.5 Å². The summed E-state index contributed by atoms with van der Waals surface area (Å²) in [6.45, 7) is 2.03. The molecule has 4 aromatic rings. The molecule has 2 heterocycles. The predicted octanol–water partition coefficient (Wildman–Crippen LogP) is 5.58. The highest BCUT2D eigenvalue weighted by Crippen LogP contribution is 2.29. The number of hydrogen-bond donors (Lipinski definition) is 2. The van der Waals surface area contributed by atoms with Crippen LogP contribution in [0.3, 0.4) is 0 Å². The molecule has 152 valence electrons. The van der Waals surface area contributed by atoms with Gasteiger partial charge in [-0.2, -0.15) is 0 Å². The van der Waals surface area contributed by atoms with Crippen molar-refractivity contribution in [3.05, 3.63) is 65.3 Å². The second kappa shape index (κ2) is 9.33. The van der Waals surface area contributed by atoms with E-state index in [0.29, 0.717) is 20.3 Å². The smallest absolute Gasteiger partial charge is 0.236 e. The molecule has 0 spiro atoms. The molecule has 2 aromatic heterocycles. The fourth-order valence-electron chi connectivity index (χ4n) is 2.47. The first kappa shape index (κ1) is 20.5. The number of carbonyl (C=O) groups is 1. The first-order valence-corrected chi connectivity index (χ1v) is 11.6. The Hall–Kier alpha value is -2.82. The lowest BCUT2D eigenvalue weighted by Gasteiger charge is -2.02. The van der Waals surface area contributed by atoms with E-state index >= 15 is 0 Å². The molecular formula is C20H16FN5OS3. The summed E-state index contributed by atoms with van der Waals surface area (Å²) in [6.07, 6.45) is 0. The maximum absolute atomic E-state index is 13.7. The highest BCUT2D eigenvalue weighted by atomic mass is 32.2. The fourth-order valence-corrected chi connectivity index (χ4v) is 4.77. The number of thiazole rings is 1. The van der Waals surface area contributed by atoms with Crippen molar-refractivity contribution < 1.29 is 9.18 Å². The zero-order valence-electron chi connectivity index (χ0n) is 15.8. The van der Waals surface area contributed by atoms with Crippen LogP contribution < -0.4 is 10.6 Å². The van der Waals surface area contributed by atoms with Gasteiger partial charge in [0.15, 0.2) is 9.47 Å². The van der Waals surface area contributed by atoms with E-state index in [1.54, 1.807) is 18.2 Å². The Balaban J connectivity index is 1.30. The molecule has 4 rings (SSSR count). The molecule has 0 saturated heterocycles. The molecule has 0 aliphatic rings. The van der Waals surface area contributed by atoms with Crippen molar-refractivity contribution in [1.82, 2.24) is 15.2 Å². The zero-order valence-corrected chi connectivity index (χ0v) is 18.2. The van der Waals surface area contributed by atoms with Crippen molar-refractivity contribution in [3.63, 3.8) is 0 Å². The number of para-hydroxylation sites is 1. The van der Waals surface area contributed by atoms with Crippen LogP contribution in [0.2, 0.25) is 0 Å². The molecule has 0 aliphatic carbocycles. The van der Waals surface area contributed by atoms with Crippen LogP contribution in [-0.4, -0.2) is 26.8 Å².